The molecule has 2 heterocycles. The van der Waals surface area contributed by atoms with Crippen molar-refractivity contribution in [2.45, 2.75) is 37.1 Å². The quantitative estimate of drug-likeness (QED) is 0.163. The minimum Gasteiger partial charge on any atom is -0.307 e. The lowest BCUT2D eigenvalue weighted by Crippen LogP contribution is -2.13. The molecular weight excluding hydrogens is 900 g/mol. The number of hydrogen-bond donors (Lipinski definition) is 0. The molecule has 0 bridgehead atoms. The van der Waals surface area contributed by atoms with E-state index in [1.54, 1.807) is 6.07 Å². The van der Waals surface area contributed by atoms with Crippen LogP contribution in [-0.2, 0) is 37.1 Å². The van der Waals surface area contributed by atoms with E-state index in [-0.39, 0.29) is 34.2 Å². The Balaban J connectivity index is 1.60. The average molecular weight is 918 g/mol. The first kappa shape index (κ1) is 43.8. The number of nitriles is 1. The van der Waals surface area contributed by atoms with Gasteiger partial charge in [-0.05, 0) is 103 Å². The lowest BCUT2D eigenvalue weighted by atomic mass is 9.92. The summed E-state index contributed by atoms with van der Waals surface area (Å²) in [7, 11) is 0. The van der Waals surface area contributed by atoms with E-state index < -0.39 is 120 Å². The van der Waals surface area contributed by atoms with Crippen LogP contribution in [0.3, 0.4) is 0 Å². The second-order valence-corrected chi connectivity index (χ2v) is 14.3. The lowest BCUT2D eigenvalue weighted by molar-refractivity contribution is -0.143. The van der Waals surface area contributed by atoms with Gasteiger partial charge in [-0.1, -0.05) is 6.07 Å². The third-order valence-corrected chi connectivity index (χ3v) is 10.5. The van der Waals surface area contributed by atoms with E-state index in [1.165, 1.54) is 0 Å². The van der Waals surface area contributed by atoms with E-state index in [9.17, 15) is 84.3 Å². The molecule has 64 heavy (non-hydrogen) atoms. The van der Waals surface area contributed by atoms with Crippen LogP contribution in [0.25, 0.3) is 66.1 Å². The van der Waals surface area contributed by atoms with E-state index >= 15 is 0 Å². The third-order valence-electron chi connectivity index (χ3n) is 10.5. The highest BCUT2D eigenvalue weighted by molar-refractivity contribution is 6.12. The van der Waals surface area contributed by atoms with Crippen LogP contribution in [0.1, 0.15) is 38.9 Å². The fourth-order valence-electron chi connectivity index (χ4n) is 7.71. The van der Waals surface area contributed by atoms with E-state index in [1.807, 2.05) is 0 Å². The fourth-order valence-corrected chi connectivity index (χ4v) is 7.71. The first-order chi connectivity index (χ1) is 29.5. The molecule has 0 atom stereocenters. The van der Waals surface area contributed by atoms with Gasteiger partial charge >= 0.3 is 37.1 Å². The molecule has 0 unspecified atom stereocenters. The van der Waals surface area contributed by atoms with Crippen molar-refractivity contribution in [2.24, 2.45) is 0 Å². The minimum atomic E-state index is -5.57. The highest BCUT2D eigenvalue weighted by atomic mass is 19.4. The first-order valence-corrected chi connectivity index (χ1v) is 17.8. The summed E-state index contributed by atoms with van der Waals surface area (Å²) in [5, 5.41) is 8.37. The number of alkyl halides is 18. The van der Waals surface area contributed by atoms with Crippen LogP contribution in [0.4, 0.5) is 79.0 Å². The highest BCUT2D eigenvalue weighted by Gasteiger charge is 2.40. The van der Waals surface area contributed by atoms with Crippen LogP contribution in [0, 0.1) is 11.3 Å². The molecule has 2 aromatic heterocycles. The lowest BCUT2D eigenvalue weighted by Gasteiger charge is -2.21. The Hall–Kier alpha value is -6.85. The van der Waals surface area contributed by atoms with Crippen LogP contribution >= 0.6 is 0 Å². The third kappa shape index (κ3) is 7.37. The number of aromatic nitrogens is 2. The molecular formula is C43H17F18N3. The van der Waals surface area contributed by atoms with Crippen molar-refractivity contribution in [3.05, 3.63) is 142 Å². The number of halogens is 18. The van der Waals surface area contributed by atoms with Gasteiger partial charge in [0.05, 0.1) is 78.5 Å². The van der Waals surface area contributed by atoms with Gasteiger partial charge in [-0.15, -0.1) is 0 Å². The van der Waals surface area contributed by atoms with Gasteiger partial charge in [0, 0.05) is 27.1 Å². The Labute approximate surface area is 344 Å². The molecule has 330 valence electrons. The average Bonchev–Trinajstić information content (AvgIpc) is 3.69. The van der Waals surface area contributed by atoms with E-state index in [0.29, 0.717) is 54.6 Å². The normalized spacial score (nSPS) is 13.5. The summed E-state index contributed by atoms with van der Waals surface area (Å²) < 4.78 is 256. The Morgan fingerprint density at radius 1 is 0.328 bits per heavy atom. The minimum absolute atomic E-state index is 0.251. The molecule has 0 saturated carbocycles. The molecule has 3 nitrogen and oxygen atoms in total. The maximum absolute atomic E-state index is 14.7. The predicted octanol–water partition coefficient (Wildman–Crippen LogP) is 15.5. The Morgan fingerprint density at radius 2 is 0.625 bits per heavy atom. The second kappa shape index (κ2) is 14.1. The molecule has 0 saturated heterocycles. The van der Waals surface area contributed by atoms with Gasteiger partial charge in [0.15, 0.2) is 0 Å². The standard InChI is InChI=1S/C43H17F18N3/c44-38(45,46)20-2-7-32-27(12-20)28-13-21(39(47,48)49)3-8-33(28)63(32)36-11-19(18-62)26(25-6-1-24(42(56,57)58)16-31(25)43(59,60)61)17-37(36)64-34-9-4-22(40(50,51)52)14-29(34)30-15-23(41(53,54)55)5-10-35(30)64/h1-17H. The van der Waals surface area contributed by atoms with Gasteiger partial charge in [0.25, 0.3) is 0 Å². The molecule has 8 rings (SSSR count). The van der Waals surface area contributed by atoms with Crippen molar-refractivity contribution in [2.75, 3.05) is 0 Å². The first-order valence-electron chi connectivity index (χ1n) is 17.8. The summed E-state index contributed by atoms with van der Waals surface area (Å²) in [6, 6.07) is 10.7. The van der Waals surface area contributed by atoms with Gasteiger partial charge < -0.3 is 9.13 Å². The molecule has 0 aliphatic heterocycles. The van der Waals surface area contributed by atoms with E-state index in [4.69, 9.17) is 0 Å². The van der Waals surface area contributed by atoms with Crippen LogP contribution in [-0.4, -0.2) is 9.13 Å². The fraction of sp³-hybridized carbons (Fsp3) is 0.140. The molecule has 8 aromatic rings. The van der Waals surface area contributed by atoms with Crippen LogP contribution in [0.5, 0.6) is 0 Å². The molecule has 0 radical (unpaired) electrons. The SMILES string of the molecule is N#Cc1cc(-n2c3ccc(C(F)(F)F)cc3c3cc(C(F)(F)F)ccc32)c(-n2c3ccc(C(F)(F)F)cc3c3cc(C(F)(F)F)ccc32)cc1-c1ccc(C(F)(F)F)cc1C(F)(F)F. The molecule has 0 fully saturated rings. The molecule has 0 aliphatic rings. The Bertz CT molecular complexity index is 3110. The number of hydrogen-bond acceptors (Lipinski definition) is 1. The summed E-state index contributed by atoms with van der Waals surface area (Å²) in [6.07, 6.45) is -31.2. The molecule has 0 amide bonds. The molecule has 0 N–H and O–H groups in total. The largest absolute Gasteiger partial charge is 0.417 e. The zero-order chi connectivity index (χ0) is 46.9. The molecule has 21 heteroatoms. The number of fused-ring (bicyclic) bond motifs is 6. The summed E-state index contributed by atoms with van der Waals surface area (Å²) in [5.41, 5.74) is -14.3. The summed E-state index contributed by atoms with van der Waals surface area (Å²) >= 11 is 0. The van der Waals surface area contributed by atoms with Crippen molar-refractivity contribution >= 4 is 43.6 Å². The van der Waals surface area contributed by atoms with Crippen molar-refractivity contribution in [3.63, 3.8) is 0 Å². The van der Waals surface area contributed by atoms with Gasteiger partial charge in [-0.3, -0.25) is 0 Å². The smallest absolute Gasteiger partial charge is 0.307 e. The van der Waals surface area contributed by atoms with Crippen LogP contribution in [0.2, 0.25) is 0 Å². The van der Waals surface area contributed by atoms with Gasteiger partial charge in [-0.25, -0.2) is 0 Å². The molecule has 6 aromatic carbocycles. The number of rotatable bonds is 3. The van der Waals surface area contributed by atoms with Gasteiger partial charge in [-0.2, -0.15) is 84.3 Å². The Kier molecular flexibility index (Phi) is 9.63. The van der Waals surface area contributed by atoms with Crippen molar-refractivity contribution in [1.29, 1.82) is 5.26 Å². The van der Waals surface area contributed by atoms with Crippen molar-refractivity contribution < 1.29 is 79.0 Å². The number of benzene rings is 6. The molecule has 0 spiro atoms. The van der Waals surface area contributed by atoms with E-state index in [2.05, 4.69) is 0 Å². The topological polar surface area (TPSA) is 33.6 Å². The summed E-state index contributed by atoms with van der Waals surface area (Å²) in [6.45, 7) is 0. The maximum atomic E-state index is 14.7. The zero-order valence-corrected chi connectivity index (χ0v) is 31.0. The van der Waals surface area contributed by atoms with Crippen molar-refractivity contribution in [3.8, 4) is 28.6 Å². The van der Waals surface area contributed by atoms with Gasteiger partial charge in [0.1, 0.15) is 0 Å². The Morgan fingerprint density at radius 3 is 0.922 bits per heavy atom. The zero-order valence-electron chi connectivity index (χ0n) is 31.0. The second-order valence-electron chi connectivity index (χ2n) is 14.3. The number of nitrogens with zero attached hydrogens (tertiary/aromatic N) is 3. The van der Waals surface area contributed by atoms with Gasteiger partial charge in [0.2, 0.25) is 0 Å². The monoisotopic (exact) mass is 917 g/mol. The predicted molar refractivity (Wildman–Crippen MR) is 195 cm³/mol. The maximum Gasteiger partial charge on any atom is 0.417 e. The van der Waals surface area contributed by atoms with E-state index in [0.717, 1.165) is 45.5 Å². The van der Waals surface area contributed by atoms with Crippen LogP contribution in [0.15, 0.2) is 103 Å². The summed E-state index contributed by atoms with van der Waals surface area (Å²) in [5.74, 6) is 0. The van der Waals surface area contributed by atoms with Crippen molar-refractivity contribution in [1.82, 2.24) is 9.13 Å². The van der Waals surface area contributed by atoms with Crippen LogP contribution < -0.4 is 0 Å². The molecule has 0 aliphatic carbocycles. The highest BCUT2D eigenvalue weighted by Crippen LogP contribution is 2.48. The summed E-state index contributed by atoms with van der Waals surface area (Å²) in [4.78, 5) is 0.